The highest BCUT2D eigenvalue weighted by Crippen LogP contribution is 2.44. The lowest BCUT2D eigenvalue weighted by molar-refractivity contribution is 0.344. The Kier molecular flexibility index (Phi) is 2.85. The van der Waals surface area contributed by atoms with E-state index in [2.05, 4.69) is 36.5 Å². The van der Waals surface area contributed by atoms with E-state index in [1.807, 2.05) is 0 Å². The Labute approximate surface area is 105 Å². The average Bonchev–Trinajstić information content (AvgIpc) is 2.55. The number of hydrogen-bond donors (Lipinski definition) is 1. The summed E-state index contributed by atoms with van der Waals surface area (Å²) in [6.45, 7) is 2.40. The fourth-order valence-electron chi connectivity index (χ4n) is 3.81. The van der Waals surface area contributed by atoms with Crippen LogP contribution in [-0.4, -0.2) is 5.54 Å². The number of fused-ring (bicyclic) bond motifs is 1. The number of anilines is 1. The number of rotatable bonds is 0. The first-order chi connectivity index (χ1) is 8.29. The van der Waals surface area contributed by atoms with Crippen molar-refractivity contribution < 1.29 is 0 Å². The van der Waals surface area contributed by atoms with E-state index in [1.165, 1.54) is 56.2 Å². The Morgan fingerprint density at radius 1 is 1.06 bits per heavy atom. The van der Waals surface area contributed by atoms with Crippen molar-refractivity contribution in [1.82, 2.24) is 0 Å². The molecular formula is C16H23N. The summed E-state index contributed by atoms with van der Waals surface area (Å²) in [4.78, 5) is 0. The fourth-order valence-corrected chi connectivity index (χ4v) is 3.81. The van der Waals surface area contributed by atoms with Gasteiger partial charge in [0.2, 0.25) is 0 Å². The first kappa shape index (κ1) is 11.1. The largest absolute Gasteiger partial charge is 0.379 e. The van der Waals surface area contributed by atoms with Crippen molar-refractivity contribution in [2.24, 2.45) is 0 Å². The molecule has 0 saturated heterocycles. The van der Waals surface area contributed by atoms with E-state index in [0.29, 0.717) is 11.5 Å². The lowest BCUT2D eigenvalue weighted by Gasteiger charge is -2.42. The maximum Gasteiger partial charge on any atom is 0.0379 e. The molecule has 1 heteroatoms. The zero-order valence-corrected chi connectivity index (χ0v) is 10.8. The molecule has 0 amide bonds. The first-order valence-electron chi connectivity index (χ1n) is 7.16. The molecule has 1 atom stereocenters. The molecule has 1 saturated carbocycles. The molecular weight excluding hydrogens is 206 g/mol. The lowest BCUT2D eigenvalue weighted by Crippen LogP contribution is -2.42. The number of benzene rings is 1. The van der Waals surface area contributed by atoms with E-state index in [-0.39, 0.29) is 0 Å². The van der Waals surface area contributed by atoms with Gasteiger partial charge >= 0.3 is 0 Å². The summed E-state index contributed by atoms with van der Waals surface area (Å²) in [6, 6.07) is 8.88. The normalized spacial score (nSPS) is 27.0. The number of para-hydroxylation sites is 1. The van der Waals surface area contributed by atoms with Crippen LogP contribution in [0.2, 0.25) is 0 Å². The third kappa shape index (κ3) is 2.08. The second kappa shape index (κ2) is 4.36. The highest BCUT2D eigenvalue weighted by Gasteiger charge is 2.36. The first-order valence-corrected chi connectivity index (χ1v) is 7.16. The average molecular weight is 229 g/mol. The molecule has 1 fully saturated rings. The summed E-state index contributed by atoms with van der Waals surface area (Å²) in [5.74, 6) is 0.713. The molecule has 1 heterocycles. The minimum atomic E-state index is 0.407. The van der Waals surface area contributed by atoms with Crippen LogP contribution in [0.25, 0.3) is 0 Å². The van der Waals surface area contributed by atoms with Crippen LogP contribution in [0.4, 0.5) is 5.69 Å². The Morgan fingerprint density at radius 3 is 2.53 bits per heavy atom. The van der Waals surface area contributed by atoms with E-state index in [0.717, 1.165) is 0 Å². The maximum absolute atomic E-state index is 3.88. The second-order valence-corrected chi connectivity index (χ2v) is 6.01. The third-order valence-corrected chi connectivity index (χ3v) is 4.65. The van der Waals surface area contributed by atoms with Crippen molar-refractivity contribution in [2.75, 3.05) is 5.32 Å². The van der Waals surface area contributed by atoms with Crippen molar-refractivity contribution in [3.8, 4) is 0 Å². The number of nitrogens with one attached hydrogen (secondary N) is 1. The van der Waals surface area contributed by atoms with Gasteiger partial charge in [0, 0.05) is 11.2 Å². The summed E-state index contributed by atoms with van der Waals surface area (Å²) >= 11 is 0. The Morgan fingerprint density at radius 2 is 1.76 bits per heavy atom. The van der Waals surface area contributed by atoms with E-state index in [4.69, 9.17) is 0 Å². The quantitative estimate of drug-likeness (QED) is 0.680. The molecule has 92 valence electrons. The van der Waals surface area contributed by atoms with Crippen LogP contribution in [0, 0.1) is 0 Å². The predicted octanol–water partition coefficient (Wildman–Crippen LogP) is 4.70. The van der Waals surface area contributed by atoms with Gasteiger partial charge in [-0.25, -0.2) is 0 Å². The third-order valence-electron chi connectivity index (χ3n) is 4.65. The zero-order chi connectivity index (χ0) is 11.7. The van der Waals surface area contributed by atoms with Crippen LogP contribution in [0.15, 0.2) is 24.3 Å². The molecule has 1 spiro atoms. The van der Waals surface area contributed by atoms with Gasteiger partial charge in [0.15, 0.2) is 0 Å². The van der Waals surface area contributed by atoms with Gasteiger partial charge < -0.3 is 5.32 Å². The molecule has 1 aliphatic carbocycles. The zero-order valence-electron chi connectivity index (χ0n) is 10.8. The lowest BCUT2D eigenvalue weighted by atomic mass is 9.76. The van der Waals surface area contributed by atoms with Gasteiger partial charge in [0.05, 0.1) is 0 Å². The standard InChI is InChI=1S/C16H23N/c1-13-12-16(10-6-2-3-7-11-16)17-15-9-5-4-8-14(13)15/h4-5,8-9,13,17H,2-3,6-7,10-12H2,1H3. The van der Waals surface area contributed by atoms with Crippen molar-refractivity contribution in [2.45, 2.75) is 63.3 Å². The summed E-state index contributed by atoms with van der Waals surface area (Å²) in [5, 5.41) is 3.88. The van der Waals surface area contributed by atoms with Gasteiger partial charge in [-0.05, 0) is 36.8 Å². The number of hydrogen-bond acceptors (Lipinski definition) is 1. The summed E-state index contributed by atoms with van der Waals surface area (Å²) in [7, 11) is 0. The molecule has 17 heavy (non-hydrogen) atoms. The topological polar surface area (TPSA) is 12.0 Å². The van der Waals surface area contributed by atoms with Gasteiger partial charge in [0.1, 0.15) is 0 Å². The molecule has 1 N–H and O–H groups in total. The van der Waals surface area contributed by atoms with Gasteiger partial charge in [-0.2, -0.15) is 0 Å². The molecule has 1 aromatic rings. The predicted molar refractivity (Wildman–Crippen MR) is 73.5 cm³/mol. The monoisotopic (exact) mass is 229 g/mol. The van der Waals surface area contributed by atoms with Gasteiger partial charge in [-0.3, -0.25) is 0 Å². The summed E-state index contributed by atoms with van der Waals surface area (Å²) in [6.07, 6.45) is 9.73. The van der Waals surface area contributed by atoms with E-state index >= 15 is 0 Å². The van der Waals surface area contributed by atoms with E-state index in [9.17, 15) is 0 Å². The van der Waals surface area contributed by atoms with Gasteiger partial charge in [-0.1, -0.05) is 50.8 Å². The Hall–Kier alpha value is -0.980. The molecule has 1 aromatic carbocycles. The van der Waals surface area contributed by atoms with Crippen LogP contribution in [0.3, 0.4) is 0 Å². The highest BCUT2D eigenvalue weighted by molar-refractivity contribution is 5.57. The van der Waals surface area contributed by atoms with Crippen LogP contribution < -0.4 is 5.32 Å². The van der Waals surface area contributed by atoms with Crippen molar-refractivity contribution in [3.05, 3.63) is 29.8 Å². The Balaban J connectivity index is 1.91. The molecule has 1 nitrogen and oxygen atoms in total. The minimum absolute atomic E-state index is 0.407. The molecule has 3 rings (SSSR count). The van der Waals surface area contributed by atoms with Crippen molar-refractivity contribution in [1.29, 1.82) is 0 Å². The van der Waals surface area contributed by atoms with Crippen LogP contribution in [0.5, 0.6) is 0 Å². The minimum Gasteiger partial charge on any atom is -0.379 e. The maximum atomic E-state index is 3.88. The SMILES string of the molecule is CC1CC2(CCCCCC2)Nc2ccccc21. The van der Waals surface area contributed by atoms with Crippen molar-refractivity contribution >= 4 is 5.69 Å². The fraction of sp³-hybridized carbons (Fsp3) is 0.625. The summed E-state index contributed by atoms with van der Waals surface area (Å²) < 4.78 is 0. The molecule has 1 aliphatic heterocycles. The molecule has 1 unspecified atom stereocenters. The van der Waals surface area contributed by atoms with Crippen LogP contribution in [-0.2, 0) is 0 Å². The van der Waals surface area contributed by atoms with Crippen LogP contribution in [0.1, 0.15) is 63.4 Å². The van der Waals surface area contributed by atoms with Crippen molar-refractivity contribution in [3.63, 3.8) is 0 Å². The molecule has 0 bridgehead atoms. The molecule has 0 aromatic heterocycles. The summed E-state index contributed by atoms with van der Waals surface area (Å²) in [5.41, 5.74) is 3.32. The molecule has 0 radical (unpaired) electrons. The Bertz CT molecular complexity index is 388. The van der Waals surface area contributed by atoms with Gasteiger partial charge in [0.25, 0.3) is 0 Å². The van der Waals surface area contributed by atoms with Crippen LogP contribution >= 0.6 is 0 Å². The van der Waals surface area contributed by atoms with E-state index < -0.39 is 0 Å². The van der Waals surface area contributed by atoms with E-state index in [1.54, 1.807) is 0 Å². The smallest absolute Gasteiger partial charge is 0.0379 e. The molecule has 2 aliphatic rings. The second-order valence-electron chi connectivity index (χ2n) is 6.01. The highest BCUT2D eigenvalue weighted by atomic mass is 15.0. The van der Waals surface area contributed by atoms with Gasteiger partial charge in [-0.15, -0.1) is 0 Å².